The van der Waals surface area contributed by atoms with Crippen LogP contribution in [0.1, 0.15) is 64.4 Å². The Kier molecular flexibility index (Phi) is 6.59. The van der Waals surface area contributed by atoms with Crippen LogP contribution in [0.5, 0.6) is 0 Å². The van der Waals surface area contributed by atoms with E-state index in [9.17, 15) is 14.7 Å². The molecule has 0 spiro atoms. The summed E-state index contributed by atoms with van der Waals surface area (Å²) >= 11 is 0. The maximum absolute atomic E-state index is 12.2. The summed E-state index contributed by atoms with van der Waals surface area (Å²) in [6.45, 7) is 13.1. The minimum atomic E-state index is -1.12. The maximum atomic E-state index is 12.2. The van der Waals surface area contributed by atoms with Gasteiger partial charge in [0.2, 0.25) is 0 Å². The van der Waals surface area contributed by atoms with Crippen molar-refractivity contribution in [2.45, 2.75) is 65.3 Å². The van der Waals surface area contributed by atoms with Crippen molar-refractivity contribution in [3.05, 3.63) is 34.8 Å². The number of nitrogen functional groups attached to an aromatic ring is 1. The first kappa shape index (κ1) is 23.8. The molecule has 164 valence electrons. The molecule has 0 unspecified atom stereocenters. The van der Waals surface area contributed by atoms with Crippen molar-refractivity contribution in [3.8, 4) is 0 Å². The number of aromatic carboxylic acids is 1. The Morgan fingerprint density at radius 3 is 2.27 bits per heavy atom. The van der Waals surface area contributed by atoms with Crippen LogP contribution in [-0.4, -0.2) is 47.6 Å². The molecule has 1 heterocycles. The number of amides is 1. The van der Waals surface area contributed by atoms with Crippen molar-refractivity contribution in [1.82, 2.24) is 5.32 Å². The van der Waals surface area contributed by atoms with E-state index in [-0.39, 0.29) is 17.8 Å². The number of alkyl carbamates (subject to hydrolysis) is 1. The number of nitrogens with two attached hydrogens (primary N) is 1. The van der Waals surface area contributed by atoms with Gasteiger partial charge in [0, 0.05) is 6.54 Å². The lowest BCUT2D eigenvalue weighted by Crippen LogP contribution is -2.41. The third-order valence-electron chi connectivity index (χ3n) is 5.10. The van der Waals surface area contributed by atoms with Gasteiger partial charge in [-0.15, -0.1) is 0 Å². The summed E-state index contributed by atoms with van der Waals surface area (Å²) in [4.78, 5) is 23.6. The van der Waals surface area contributed by atoms with Crippen LogP contribution < -0.4 is 11.1 Å². The van der Waals surface area contributed by atoms with Gasteiger partial charge in [-0.25, -0.2) is 9.59 Å². The molecular weight excluding hydrogens is 387 g/mol. The van der Waals surface area contributed by atoms with Gasteiger partial charge in [-0.1, -0.05) is 18.2 Å². The Morgan fingerprint density at radius 1 is 1.20 bits per heavy atom. The number of hydrogen-bond donors (Lipinski definition) is 3. The van der Waals surface area contributed by atoms with E-state index in [1.54, 1.807) is 39.0 Å². The molecule has 2 rings (SSSR count). The number of benzene rings is 1. The summed E-state index contributed by atoms with van der Waals surface area (Å²) in [5, 5.41) is 12.0. The molecule has 4 N–H and O–H groups in total. The fourth-order valence-corrected chi connectivity index (χ4v) is 2.78. The van der Waals surface area contributed by atoms with E-state index >= 15 is 0 Å². The van der Waals surface area contributed by atoms with E-state index in [4.69, 9.17) is 19.8 Å². The number of carbonyl (C=O) groups is 2. The molecule has 1 aliphatic rings. The quantitative estimate of drug-likeness (QED) is 0.494. The van der Waals surface area contributed by atoms with Crippen LogP contribution in [0.3, 0.4) is 0 Å². The van der Waals surface area contributed by atoms with Crippen molar-refractivity contribution in [3.63, 3.8) is 0 Å². The van der Waals surface area contributed by atoms with Gasteiger partial charge in [0.1, 0.15) is 5.60 Å². The molecule has 0 saturated carbocycles. The summed E-state index contributed by atoms with van der Waals surface area (Å²) in [5.41, 5.74) is 5.43. The topological polar surface area (TPSA) is 120 Å². The minimum absolute atomic E-state index is 0.00267. The smallest absolute Gasteiger partial charge is 0.478 e. The molecule has 9 heteroatoms. The number of nitrogens with one attached hydrogen (secondary N) is 1. The summed E-state index contributed by atoms with van der Waals surface area (Å²) in [7, 11) is -0.752. The van der Waals surface area contributed by atoms with Gasteiger partial charge < -0.3 is 30.2 Å². The van der Waals surface area contributed by atoms with Gasteiger partial charge in [-0.2, -0.15) is 0 Å². The lowest BCUT2D eigenvalue weighted by molar-refractivity contribution is 0.00578. The van der Waals surface area contributed by atoms with Crippen molar-refractivity contribution >= 4 is 30.9 Å². The zero-order chi connectivity index (χ0) is 22.9. The lowest BCUT2D eigenvalue weighted by Gasteiger charge is -2.32. The third kappa shape index (κ3) is 5.55. The average Bonchev–Trinajstić information content (AvgIpc) is 2.78. The Balaban J connectivity index is 2.37. The van der Waals surface area contributed by atoms with E-state index in [0.29, 0.717) is 11.0 Å². The molecule has 0 bridgehead atoms. The molecule has 0 aromatic heterocycles. The summed E-state index contributed by atoms with van der Waals surface area (Å²) in [5.74, 6) is -1.12. The van der Waals surface area contributed by atoms with Crippen LogP contribution in [0.25, 0.3) is 6.08 Å². The van der Waals surface area contributed by atoms with Gasteiger partial charge in [0.25, 0.3) is 0 Å². The lowest BCUT2D eigenvalue weighted by atomic mass is 9.76. The van der Waals surface area contributed by atoms with Gasteiger partial charge >= 0.3 is 19.2 Å². The second kappa shape index (κ2) is 8.31. The predicted molar refractivity (Wildman–Crippen MR) is 116 cm³/mol. The van der Waals surface area contributed by atoms with Crippen LogP contribution in [0.4, 0.5) is 10.5 Å². The van der Waals surface area contributed by atoms with Crippen molar-refractivity contribution in [2.75, 3.05) is 12.3 Å². The van der Waals surface area contributed by atoms with Crippen molar-refractivity contribution in [2.24, 2.45) is 0 Å². The number of rotatable bonds is 5. The molecule has 0 aliphatic carbocycles. The summed E-state index contributed by atoms with van der Waals surface area (Å²) < 4.78 is 17.5. The van der Waals surface area contributed by atoms with E-state index in [1.165, 1.54) is 6.07 Å². The van der Waals surface area contributed by atoms with Gasteiger partial charge in [0.05, 0.1) is 22.5 Å². The second-order valence-electron chi connectivity index (χ2n) is 9.28. The molecule has 1 aromatic rings. The SMILES string of the molecule is CC(C)(C)OC(=O)NCC(=Cc1cccc(C(=O)O)c1N)B1OC(C)(C)C(C)(C)O1. The second-order valence-corrected chi connectivity index (χ2v) is 9.28. The molecule has 1 fully saturated rings. The highest BCUT2D eigenvalue weighted by molar-refractivity contribution is 6.56. The zero-order valence-corrected chi connectivity index (χ0v) is 18.7. The molecular formula is C21H31BN2O6. The third-order valence-corrected chi connectivity index (χ3v) is 5.10. The molecule has 0 radical (unpaired) electrons. The number of para-hydroxylation sites is 1. The minimum Gasteiger partial charge on any atom is -0.478 e. The molecule has 1 aliphatic heterocycles. The molecule has 0 atom stereocenters. The number of ether oxygens (including phenoxy) is 1. The predicted octanol–water partition coefficient (Wildman–Crippen LogP) is 3.51. The Hall–Kier alpha value is -2.52. The first-order valence-corrected chi connectivity index (χ1v) is 9.78. The van der Waals surface area contributed by atoms with Crippen LogP contribution in [0.15, 0.2) is 23.7 Å². The summed E-state index contributed by atoms with van der Waals surface area (Å²) in [6, 6.07) is 4.73. The van der Waals surface area contributed by atoms with E-state index in [0.717, 1.165) is 0 Å². The monoisotopic (exact) mass is 418 g/mol. The van der Waals surface area contributed by atoms with Crippen molar-refractivity contribution in [1.29, 1.82) is 0 Å². The Morgan fingerprint density at radius 2 is 1.77 bits per heavy atom. The molecule has 1 amide bonds. The Labute approximate surface area is 177 Å². The Bertz CT molecular complexity index is 842. The zero-order valence-electron chi connectivity index (χ0n) is 18.7. The van der Waals surface area contributed by atoms with Crippen LogP contribution in [-0.2, 0) is 14.0 Å². The molecule has 30 heavy (non-hydrogen) atoms. The molecule has 1 saturated heterocycles. The maximum Gasteiger partial charge on any atom is 0.492 e. The van der Waals surface area contributed by atoms with Crippen molar-refractivity contribution < 1.29 is 28.7 Å². The first-order valence-electron chi connectivity index (χ1n) is 9.78. The largest absolute Gasteiger partial charge is 0.492 e. The highest BCUT2D eigenvalue weighted by Gasteiger charge is 2.52. The first-order chi connectivity index (χ1) is 13.6. The average molecular weight is 418 g/mol. The van der Waals surface area contributed by atoms with Crippen LogP contribution in [0, 0.1) is 0 Å². The summed E-state index contributed by atoms with van der Waals surface area (Å²) in [6.07, 6.45) is 1.10. The number of carbonyl (C=O) groups excluding carboxylic acids is 1. The van der Waals surface area contributed by atoms with Gasteiger partial charge in [-0.3, -0.25) is 0 Å². The van der Waals surface area contributed by atoms with Crippen LogP contribution in [0.2, 0.25) is 0 Å². The van der Waals surface area contributed by atoms with E-state index in [2.05, 4.69) is 5.32 Å². The fourth-order valence-electron chi connectivity index (χ4n) is 2.78. The molecule has 1 aromatic carbocycles. The van der Waals surface area contributed by atoms with Crippen LogP contribution >= 0.6 is 0 Å². The fraction of sp³-hybridized carbons (Fsp3) is 0.524. The number of carboxylic acids is 1. The van der Waals surface area contributed by atoms with E-state index < -0.39 is 36.0 Å². The molecule has 8 nitrogen and oxygen atoms in total. The van der Waals surface area contributed by atoms with Gasteiger partial charge in [-0.05, 0) is 65.6 Å². The normalized spacial score (nSPS) is 18.2. The number of anilines is 1. The van der Waals surface area contributed by atoms with Gasteiger partial charge in [0.15, 0.2) is 0 Å². The highest BCUT2D eigenvalue weighted by Crippen LogP contribution is 2.39. The van der Waals surface area contributed by atoms with E-state index in [1.807, 2.05) is 27.7 Å². The highest BCUT2D eigenvalue weighted by atomic mass is 16.7. The number of carboxylic acid groups (broad SMARTS) is 1. The number of hydrogen-bond acceptors (Lipinski definition) is 6. The standard InChI is InChI=1S/C21H31BN2O6/c1-19(2,3)28-18(27)24-12-14(22-29-20(4,5)21(6,7)30-22)11-13-9-8-10-15(16(13)23)17(25)26/h8-11H,12,23H2,1-7H3,(H,24,27)(H,25,26).